The summed E-state index contributed by atoms with van der Waals surface area (Å²) in [7, 11) is 0. The molecule has 1 unspecified atom stereocenters. The van der Waals surface area contributed by atoms with E-state index in [2.05, 4.69) is 4.99 Å². The van der Waals surface area contributed by atoms with Crippen LogP contribution in [0, 0.1) is 17.1 Å². The standard InChI is InChI=1S/C15H8F7N4/c16-11-6-9(2-3-10(11)14(17,18)19)26-5-1-4-24-13(26)12(7-23)25(8-26)15(20,21)22/h1-6H,8H2/q+1. The summed E-state index contributed by atoms with van der Waals surface area (Å²) in [4.78, 5) is 3.61. The lowest BCUT2D eigenvalue weighted by atomic mass is 10.1. The van der Waals surface area contributed by atoms with Gasteiger partial charge in [0, 0.05) is 24.4 Å². The molecule has 0 bridgehead atoms. The molecule has 1 aromatic carbocycles. The molecule has 0 saturated heterocycles. The van der Waals surface area contributed by atoms with Gasteiger partial charge in [0.2, 0.25) is 5.70 Å². The maximum atomic E-state index is 14.0. The topological polar surface area (TPSA) is 39.4 Å². The minimum Gasteiger partial charge on any atom is -0.218 e. The van der Waals surface area contributed by atoms with Gasteiger partial charge < -0.3 is 0 Å². The molecule has 2 aliphatic rings. The normalized spacial score (nSPS) is 22.6. The molecule has 0 aliphatic carbocycles. The molecule has 0 spiro atoms. The molecule has 1 atom stereocenters. The van der Waals surface area contributed by atoms with Crippen molar-refractivity contribution in [1.29, 1.82) is 5.26 Å². The molecule has 2 aliphatic heterocycles. The summed E-state index contributed by atoms with van der Waals surface area (Å²) in [5.41, 5.74) is -2.57. The highest BCUT2D eigenvalue weighted by molar-refractivity contribution is 5.77. The Morgan fingerprint density at radius 1 is 1.15 bits per heavy atom. The summed E-state index contributed by atoms with van der Waals surface area (Å²) in [6.07, 6.45) is -6.25. The molecule has 26 heavy (non-hydrogen) atoms. The molecule has 0 N–H and O–H groups in total. The van der Waals surface area contributed by atoms with E-state index >= 15 is 0 Å². The van der Waals surface area contributed by atoms with Crippen LogP contribution in [0.1, 0.15) is 5.56 Å². The summed E-state index contributed by atoms with van der Waals surface area (Å²) >= 11 is 0. The molecule has 0 saturated carbocycles. The molecule has 1 aromatic rings. The lowest BCUT2D eigenvalue weighted by Gasteiger charge is -2.32. The Morgan fingerprint density at radius 3 is 2.38 bits per heavy atom. The van der Waals surface area contributed by atoms with E-state index in [1.54, 1.807) is 0 Å². The van der Waals surface area contributed by atoms with Crippen molar-refractivity contribution >= 4 is 11.9 Å². The first-order valence-corrected chi connectivity index (χ1v) is 6.97. The highest BCUT2D eigenvalue weighted by atomic mass is 19.4. The van der Waals surface area contributed by atoms with Crippen LogP contribution in [0.25, 0.3) is 0 Å². The predicted octanol–water partition coefficient (Wildman–Crippen LogP) is 4.24. The molecule has 136 valence electrons. The molecule has 0 radical (unpaired) electrons. The highest BCUT2D eigenvalue weighted by Gasteiger charge is 2.56. The summed E-state index contributed by atoms with van der Waals surface area (Å²) in [5.74, 6) is -1.99. The van der Waals surface area contributed by atoms with Crippen LogP contribution in [0.5, 0.6) is 0 Å². The molecular formula is C15H8F7N4+. The first kappa shape index (κ1) is 17.9. The number of alkyl halides is 6. The van der Waals surface area contributed by atoms with Crippen molar-refractivity contribution in [2.24, 2.45) is 4.99 Å². The van der Waals surface area contributed by atoms with Crippen molar-refractivity contribution in [3.8, 4) is 6.07 Å². The molecule has 0 amide bonds. The van der Waals surface area contributed by atoms with Gasteiger partial charge in [-0.15, -0.1) is 13.2 Å². The Balaban J connectivity index is 2.19. The first-order valence-electron chi connectivity index (χ1n) is 6.97. The number of allylic oxidation sites excluding steroid dienone is 2. The van der Waals surface area contributed by atoms with Crippen molar-refractivity contribution in [2.45, 2.75) is 12.5 Å². The molecule has 11 heteroatoms. The predicted molar refractivity (Wildman–Crippen MR) is 76.2 cm³/mol. The number of halogens is 7. The summed E-state index contributed by atoms with van der Waals surface area (Å²) < 4.78 is 91.1. The Kier molecular flexibility index (Phi) is 3.84. The summed E-state index contributed by atoms with van der Waals surface area (Å²) in [6.45, 7) is -0.889. The molecule has 3 rings (SSSR count). The third-order valence-corrected chi connectivity index (χ3v) is 3.98. The fraction of sp³-hybridized carbons (Fsp3) is 0.200. The number of aliphatic imine (C=N–C) groups is 1. The maximum Gasteiger partial charge on any atom is 0.490 e. The lowest BCUT2D eigenvalue weighted by molar-refractivity contribution is -0.231. The van der Waals surface area contributed by atoms with E-state index < -0.39 is 40.7 Å². The van der Waals surface area contributed by atoms with Gasteiger partial charge in [0.05, 0.1) is 5.56 Å². The molecule has 0 fully saturated rings. The fourth-order valence-electron chi connectivity index (χ4n) is 2.84. The number of quaternary nitrogens is 1. The van der Waals surface area contributed by atoms with Crippen LogP contribution in [0.2, 0.25) is 0 Å². The second-order valence-corrected chi connectivity index (χ2v) is 5.47. The zero-order chi connectivity index (χ0) is 19.3. The van der Waals surface area contributed by atoms with Gasteiger partial charge in [-0.2, -0.15) is 22.9 Å². The van der Waals surface area contributed by atoms with Gasteiger partial charge in [-0.1, -0.05) is 0 Å². The third kappa shape index (κ3) is 2.62. The Bertz CT molecular complexity index is 889. The van der Waals surface area contributed by atoms with E-state index in [0.29, 0.717) is 12.1 Å². The van der Waals surface area contributed by atoms with E-state index in [9.17, 15) is 30.7 Å². The smallest absolute Gasteiger partial charge is 0.218 e. The molecular weight excluding hydrogens is 369 g/mol. The van der Waals surface area contributed by atoms with E-state index in [1.165, 1.54) is 18.3 Å². The third-order valence-electron chi connectivity index (χ3n) is 3.98. The zero-order valence-electron chi connectivity index (χ0n) is 12.6. The highest BCUT2D eigenvalue weighted by Crippen LogP contribution is 2.45. The van der Waals surface area contributed by atoms with Gasteiger partial charge in [-0.05, 0) is 6.07 Å². The minimum absolute atomic E-state index is 0.176. The van der Waals surface area contributed by atoms with Crippen LogP contribution < -0.4 is 4.48 Å². The van der Waals surface area contributed by atoms with Crippen LogP contribution >= 0.6 is 0 Å². The SMILES string of the molecule is N#CC1=C2N=CC=C[N+]2(c2ccc(C(F)(F)F)c(F)c2)CN1C(F)(F)F. The lowest BCUT2D eigenvalue weighted by Crippen LogP contribution is -2.47. The number of hydrogen-bond donors (Lipinski definition) is 0. The molecule has 2 heterocycles. The minimum atomic E-state index is -4.95. The number of nitrogens with zero attached hydrogens (tertiary/aromatic N) is 4. The molecule has 4 nitrogen and oxygen atoms in total. The summed E-state index contributed by atoms with van der Waals surface area (Å²) in [6, 6.07) is 3.23. The average Bonchev–Trinajstić information content (AvgIpc) is 2.89. The Labute approximate surface area is 142 Å². The largest absolute Gasteiger partial charge is 0.490 e. The number of benzene rings is 1. The Morgan fingerprint density at radius 2 is 1.85 bits per heavy atom. The molecule has 0 aromatic heterocycles. The van der Waals surface area contributed by atoms with Crippen molar-refractivity contribution in [3.63, 3.8) is 0 Å². The Hall–Kier alpha value is -2.87. The maximum absolute atomic E-state index is 14.0. The number of nitriles is 1. The second-order valence-electron chi connectivity index (χ2n) is 5.47. The van der Waals surface area contributed by atoms with Gasteiger partial charge in [0.1, 0.15) is 23.8 Å². The van der Waals surface area contributed by atoms with Gasteiger partial charge in [0.25, 0.3) is 5.82 Å². The quantitative estimate of drug-likeness (QED) is 0.417. The number of hydrogen-bond acceptors (Lipinski definition) is 3. The van der Waals surface area contributed by atoms with Crippen LogP contribution in [0.15, 0.2) is 47.0 Å². The van der Waals surface area contributed by atoms with Crippen molar-refractivity contribution in [2.75, 3.05) is 6.67 Å². The first-order chi connectivity index (χ1) is 12.0. The van der Waals surface area contributed by atoms with E-state index in [-0.39, 0.29) is 16.4 Å². The van der Waals surface area contributed by atoms with Crippen LogP contribution in [-0.4, -0.2) is 24.1 Å². The van der Waals surface area contributed by atoms with E-state index in [4.69, 9.17) is 5.26 Å². The van der Waals surface area contributed by atoms with Crippen LogP contribution in [0.3, 0.4) is 0 Å². The average molecular weight is 377 g/mol. The van der Waals surface area contributed by atoms with E-state index in [0.717, 1.165) is 12.3 Å². The second kappa shape index (κ2) is 5.57. The van der Waals surface area contributed by atoms with Gasteiger partial charge in [-0.25, -0.2) is 14.3 Å². The van der Waals surface area contributed by atoms with Crippen molar-refractivity contribution < 1.29 is 30.7 Å². The van der Waals surface area contributed by atoms with E-state index in [1.807, 2.05) is 0 Å². The van der Waals surface area contributed by atoms with Crippen molar-refractivity contribution in [3.05, 3.63) is 53.4 Å². The number of rotatable bonds is 1. The van der Waals surface area contributed by atoms with Crippen molar-refractivity contribution in [1.82, 2.24) is 9.38 Å². The van der Waals surface area contributed by atoms with Gasteiger partial charge in [0.15, 0.2) is 6.67 Å². The monoisotopic (exact) mass is 377 g/mol. The van der Waals surface area contributed by atoms with Gasteiger partial charge in [-0.3, -0.25) is 0 Å². The van der Waals surface area contributed by atoms with Gasteiger partial charge >= 0.3 is 12.5 Å². The number of fused-ring (bicyclic) bond motifs is 1. The van der Waals surface area contributed by atoms with Crippen LogP contribution in [0.4, 0.5) is 36.4 Å². The zero-order valence-corrected chi connectivity index (χ0v) is 12.6. The van der Waals surface area contributed by atoms with Crippen LogP contribution in [-0.2, 0) is 6.18 Å². The fourth-order valence-corrected chi connectivity index (χ4v) is 2.84. The summed E-state index contributed by atoms with van der Waals surface area (Å²) in [5, 5.41) is 9.13.